The van der Waals surface area contributed by atoms with E-state index in [1.165, 1.54) is 6.08 Å². The number of alkyl halides is 1. The Labute approximate surface area is 63.1 Å². The molecule has 0 aromatic carbocycles. The zero-order valence-corrected chi connectivity index (χ0v) is 6.91. The third-order valence-corrected chi connectivity index (χ3v) is 1.37. The molecule has 52 valence electrons. The first-order chi connectivity index (χ1) is 4.31. The van der Waals surface area contributed by atoms with E-state index in [2.05, 4.69) is 8.06 Å². The van der Waals surface area contributed by atoms with Gasteiger partial charge in [-0.3, -0.25) is 0 Å². The molecule has 5 heteroatoms. The SMILES string of the molecule is C[I-]OC(=O)CN=C=O. The Morgan fingerprint density at radius 3 is 3.00 bits per heavy atom. The molecule has 0 aromatic rings. The van der Waals surface area contributed by atoms with Crippen LogP contribution >= 0.6 is 0 Å². The first-order valence-corrected chi connectivity index (χ1v) is 5.08. The van der Waals surface area contributed by atoms with Gasteiger partial charge in [0.05, 0.1) is 0 Å². The van der Waals surface area contributed by atoms with E-state index < -0.39 is 27.6 Å². The number of nitrogens with zero attached hydrogens (tertiary/aromatic N) is 1. The molecule has 0 rings (SSSR count). The predicted molar refractivity (Wildman–Crippen MR) is 25.0 cm³/mol. The van der Waals surface area contributed by atoms with Crippen molar-refractivity contribution >= 4 is 12.0 Å². The molecular weight excluding hydrogens is 237 g/mol. The number of carbonyl (C=O) groups excluding carboxylic acids is 2. The average molecular weight is 242 g/mol. The van der Waals surface area contributed by atoms with E-state index in [0.717, 1.165) is 0 Å². The summed E-state index contributed by atoms with van der Waals surface area (Å²) in [7, 11) is 0. The monoisotopic (exact) mass is 242 g/mol. The molecule has 0 radical (unpaired) electrons. The number of aliphatic imine (C=N–C) groups is 1. The van der Waals surface area contributed by atoms with Gasteiger partial charge >= 0.3 is 62.8 Å². The Morgan fingerprint density at radius 1 is 1.89 bits per heavy atom. The van der Waals surface area contributed by atoms with Crippen molar-refractivity contribution in [1.29, 1.82) is 0 Å². The number of carbonyl (C=O) groups is 1. The molecule has 0 aliphatic heterocycles. The van der Waals surface area contributed by atoms with Gasteiger partial charge in [-0.25, -0.2) is 0 Å². The van der Waals surface area contributed by atoms with E-state index in [-0.39, 0.29) is 6.54 Å². The molecule has 0 amide bonds. The van der Waals surface area contributed by atoms with Crippen LogP contribution in [0.4, 0.5) is 0 Å². The molecule has 0 heterocycles. The molecule has 0 saturated carbocycles. The second-order valence-electron chi connectivity index (χ2n) is 1.01. The second-order valence-corrected chi connectivity index (χ2v) is 2.33. The third kappa shape index (κ3) is 5.45. The second kappa shape index (κ2) is 5.71. The molecule has 0 aliphatic rings. The van der Waals surface area contributed by atoms with Crippen molar-refractivity contribution < 1.29 is 34.3 Å². The van der Waals surface area contributed by atoms with E-state index in [1.54, 1.807) is 4.93 Å². The van der Waals surface area contributed by atoms with E-state index in [0.29, 0.717) is 0 Å². The van der Waals surface area contributed by atoms with Crippen LogP contribution in [0.1, 0.15) is 0 Å². The van der Waals surface area contributed by atoms with Gasteiger partial charge in [0, 0.05) is 0 Å². The number of isocyanates is 1. The topological polar surface area (TPSA) is 55.7 Å². The van der Waals surface area contributed by atoms with Crippen molar-refractivity contribution in [3.63, 3.8) is 0 Å². The Morgan fingerprint density at radius 2 is 2.56 bits per heavy atom. The van der Waals surface area contributed by atoms with Crippen molar-refractivity contribution in [2.75, 3.05) is 11.5 Å². The van der Waals surface area contributed by atoms with Crippen LogP contribution in [-0.2, 0) is 12.7 Å². The zero-order chi connectivity index (χ0) is 7.11. The molecule has 4 nitrogen and oxygen atoms in total. The van der Waals surface area contributed by atoms with Gasteiger partial charge in [-0.15, -0.1) is 0 Å². The fourth-order valence-corrected chi connectivity index (χ4v) is 0.838. The number of hydrogen-bond acceptors (Lipinski definition) is 4. The van der Waals surface area contributed by atoms with Crippen molar-refractivity contribution in [2.24, 2.45) is 4.99 Å². The van der Waals surface area contributed by atoms with Crippen LogP contribution in [0, 0.1) is 0 Å². The number of halogens is 1. The van der Waals surface area contributed by atoms with Gasteiger partial charge < -0.3 is 0 Å². The Balaban J connectivity index is 3.38. The van der Waals surface area contributed by atoms with Gasteiger partial charge in [-0.1, -0.05) is 0 Å². The summed E-state index contributed by atoms with van der Waals surface area (Å²) in [6.07, 6.45) is 1.24. The molecule has 0 atom stereocenters. The number of rotatable bonds is 3. The van der Waals surface area contributed by atoms with Crippen LogP contribution in [0.3, 0.4) is 0 Å². The maximum atomic E-state index is 10.3. The van der Waals surface area contributed by atoms with Crippen LogP contribution in [0.15, 0.2) is 4.99 Å². The molecule has 0 aromatic heterocycles. The van der Waals surface area contributed by atoms with E-state index >= 15 is 0 Å². The first kappa shape index (κ1) is 8.58. The van der Waals surface area contributed by atoms with Crippen LogP contribution in [0.25, 0.3) is 0 Å². The summed E-state index contributed by atoms with van der Waals surface area (Å²) in [4.78, 5) is 24.6. The quantitative estimate of drug-likeness (QED) is 0.223. The molecule has 0 bridgehead atoms. The van der Waals surface area contributed by atoms with E-state index in [4.69, 9.17) is 0 Å². The van der Waals surface area contributed by atoms with E-state index in [9.17, 15) is 9.59 Å². The minimum absolute atomic E-state index is 0.197. The molecule has 9 heavy (non-hydrogen) atoms. The van der Waals surface area contributed by atoms with Gasteiger partial charge in [0.15, 0.2) is 0 Å². The summed E-state index contributed by atoms with van der Waals surface area (Å²) in [6.45, 7) is -0.197. The zero-order valence-electron chi connectivity index (χ0n) is 4.76. The maximum absolute atomic E-state index is 10.3. The Hall–Kier alpha value is -0.420. The summed E-state index contributed by atoms with van der Waals surface area (Å²) in [5.74, 6) is -0.450. The summed E-state index contributed by atoms with van der Waals surface area (Å²) < 4.78 is 4.54. The van der Waals surface area contributed by atoms with Crippen molar-refractivity contribution in [3.8, 4) is 0 Å². The molecule has 0 unspecified atom stereocenters. The molecule has 0 aliphatic carbocycles. The molecule has 0 spiro atoms. The Kier molecular flexibility index (Phi) is 5.45. The predicted octanol–water partition coefficient (Wildman–Crippen LogP) is -3.50. The van der Waals surface area contributed by atoms with Crippen LogP contribution in [-0.4, -0.2) is 23.5 Å². The van der Waals surface area contributed by atoms with Crippen molar-refractivity contribution in [2.45, 2.75) is 0 Å². The Bertz CT molecular complexity index is 141. The summed E-state index contributed by atoms with van der Waals surface area (Å²) in [6, 6.07) is 0. The molecule has 0 N–H and O–H groups in total. The molecule has 0 saturated heterocycles. The average Bonchev–Trinajstić information content (AvgIpc) is 1.85. The van der Waals surface area contributed by atoms with Crippen LogP contribution < -0.4 is 21.6 Å². The first-order valence-electron chi connectivity index (χ1n) is 2.04. The standard InChI is InChI=1S/C4H5INO3/c1-5-9-4(8)2-6-3-7/h2H2,1H3/q-1. The summed E-state index contributed by atoms with van der Waals surface area (Å²) in [5.41, 5.74) is 0. The fourth-order valence-electron chi connectivity index (χ4n) is 0.207. The van der Waals surface area contributed by atoms with Gasteiger partial charge in [-0.05, 0) is 0 Å². The fraction of sp³-hybridized carbons (Fsp3) is 0.500. The van der Waals surface area contributed by atoms with Crippen molar-refractivity contribution in [3.05, 3.63) is 0 Å². The van der Waals surface area contributed by atoms with Crippen LogP contribution in [0.5, 0.6) is 0 Å². The van der Waals surface area contributed by atoms with Crippen LogP contribution in [0.2, 0.25) is 0 Å². The summed E-state index contributed by atoms with van der Waals surface area (Å²) in [5, 5.41) is 0. The normalized spacial score (nSPS) is 8.11. The van der Waals surface area contributed by atoms with Gasteiger partial charge in [0.1, 0.15) is 0 Å². The van der Waals surface area contributed by atoms with Crippen molar-refractivity contribution in [1.82, 2.24) is 0 Å². The van der Waals surface area contributed by atoms with Gasteiger partial charge in [0.25, 0.3) is 0 Å². The number of hydrogen-bond donors (Lipinski definition) is 0. The summed E-state index contributed by atoms with van der Waals surface area (Å²) >= 11 is -0.490. The van der Waals surface area contributed by atoms with Gasteiger partial charge in [0.2, 0.25) is 0 Å². The van der Waals surface area contributed by atoms with Gasteiger partial charge in [-0.2, -0.15) is 0 Å². The molecular formula is C4H5INO3-. The molecule has 0 fully saturated rings. The third-order valence-electron chi connectivity index (χ3n) is 0.436. The minimum atomic E-state index is -0.490. The van der Waals surface area contributed by atoms with E-state index in [1.807, 2.05) is 0 Å².